The average Bonchev–Trinajstić information content (AvgIpc) is 2.36. The molecule has 3 nitrogen and oxygen atoms in total. The summed E-state index contributed by atoms with van der Waals surface area (Å²) < 4.78 is 12.0. The highest BCUT2D eigenvalue weighted by atomic mass is 16.5. The van der Waals surface area contributed by atoms with Crippen molar-refractivity contribution >= 4 is 0 Å². The molecule has 0 unspecified atom stereocenters. The zero-order chi connectivity index (χ0) is 18.0. The minimum absolute atomic E-state index is 0.000169. The first-order valence-corrected chi connectivity index (χ1v) is 10.1. The first-order chi connectivity index (χ1) is 11.0. The molecule has 1 aliphatic carbocycles. The van der Waals surface area contributed by atoms with Gasteiger partial charge >= 0.3 is 0 Å². The van der Waals surface area contributed by atoms with E-state index in [1.54, 1.807) is 0 Å². The molecule has 3 heteroatoms. The highest BCUT2D eigenvalue weighted by molar-refractivity contribution is 4.87. The summed E-state index contributed by atoms with van der Waals surface area (Å²) in [4.78, 5) is 2.70. The number of piperidine rings is 1. The molecule has 2 rings (SSSR count). The van der Waals surface area contributed by atoms with Gasteiger partial charge in [0, 0.05) is 19.7 Å². The molecule has 2 fully saturated rings. The SMILES string of the molecule is C[C@H]1CN(CC2CC(OC(C)(C)C)C2)CC[C@H]1CCOC(C)(C)C. The van der Waals surface area contributed by atoms with Crippen LogP contribution in [0.15, 0.2) is 0 Å². The molecule has 0 N–H and O–H groups in total. The summed E-state index contributed by atoms with van der Waals surface area (Å²) in [6, 6.07) is 0. The summed E-state index contributed by atoms with van der Waals surface area (Å²) in [5, 5.41) is 0. The van der Waals surface area contributed by atoms with Gasteiger partial charge in [-0.25, -0.2) is 0 Å². The maximum Gasteiger partial charge on any atom is 0.0602 e. The lowest BCUT2D eigenvalue weighted by atomic mass is 9.79. The maximum atomic E-state index is 6.07. The number of likely N-dealkylation sites (tertiary alicyclic amines) is 1. The zero-order valence-electron chi connectivity index (χ0n) is 17.2. The Kier molecular flexibility index (Phi) is 6.78. The summed E-state index contributed by atoms with van der Waals surface area (Å²) in [6.07, 6.45) is 5.57. The van der Waals surface area contributed by atoms with Gasteiger partial charge in [-0.1, -0.05) is 6.92 Å². The normalized spacial score (nSPS) is 32.6. The lowest BCUT2D eigenvalue weighted by Gasteiger charge is -2.44. The molecule has 1 aliphatic heterocycles. The van der Waals surface area contributed by atoms with E-state index in [1.165, 1.54) is 45.3 Å². The van der Waals surface area contributed by atoms with Crippen molar-refractivity contribution in [1.29, 1.82) is 0 Å². The number of ether oxygens (including phenoxy) is 2. The van der Waals surface area contributed by atoms with E-state index in [9.17, 15) is 0 Å². The minimum Gasteiger partial charge on any atom is -0.376 e. The molecule has 0 bridgehead atoms. The van der Waals surface area contributed by atoms with Crippen molar-refractivity contribution in [2.45, 2.75) is 91.5 Å². The van der Waals surface area contributed by atoms with Crippen molar-refractivity contribution in [3.05, 3.63) is 0 Å². The van der Waals surface area contributed by atoms with Crippen molar-refractivity contribution in [3.63, 3.8) is 0 Å². The average molecular weight is 340 g/mol. The van der Waals surface area contributed by atoms with E-state index >= 15 is 0 Å². The zero-order valence-corrected chi connectivity index (χ0v) is 17.2. The molecule has 0 amide bonds. The fraction of sp³-hybridized carbons (Fsp3) is 1.00. The number of hydrogen-bond acceptors (Lipinski definition) is 3. The van der Waals surface area contributed by atoms with Crippen LogP contribution >= 0.6 is 0 Å². The van der Waals surface area contributed by atoms with Crippen molar-refractivity contribution < 1.29 is 9.47 Å². The second kappa shape index (κ2) is 8.05. The van der Waals surface area contributed by atoms with Crippen LogP contribution in [0.25, 0.3) is 0 Å². The third kappa shape index (κ3) is 7.01. The number of rotatable bonds is 6. The molecule has 2 aliphatic rings. The molecule has 0 aromatic rings. The Morgan fingerprint density at radius 1 is 1.00 bits per heavy atom. The summed E-state index contributed by atoms with van der Waals surface area (Å²) in [5.41, 5.74) is 0.0114. The quantitative estimate of drug-likeness (QED) is 0.697. The maximum absolute atomic E-state index is 6.07. The standard InChI is InChI=1S/C21H41NO2/c1-16-14-22(10-8-18(16)9-11-23-20(2,3)4)15-17-12-19(13-17)24-21(5,6)7/h16-19H,8-15H2,1-7H3/t16-,17?,18-,19?/m0/s1. The molecule has 0 aromatic carbocycles. The van der Waals surface area contributed by atoms with Gasteiger partial charge in [0.15, 0.2) is 0 Å². The number of nitrogens with zero attached hydrogens (tertiary/aromatic N) is 1. The molecular formula is C21H41NO2. The van der Waals surface area contributed by atoms with Crippen LogP contribution in [0.2, 0.25) is 0 Å². The largest absolute Gasteiger partial charge is 0.376 e. The highest BCUT2D eigenvalue weighted by Crippen LogP contribution is 2.35. The summed E-state index contributed by atoms with van der Waals surface area (Å²) >= 11 is 0. The lowest BCUT2D eigenvalue weighted by molar-refractivity contribution is -0.116. The van der Waals surface area contributed by atoms with Gasteiger partial charge in [-0.2, -0.15) is 0 Å². The third-order valence-corrected chi connectivity index (χ3v) is 5.42. The molecule has 1 saturated heterocycles. The molecule has 142 valence electrons. The van der Waals surface area contributed by atoms with Crippen molar-refractivity contribution in [1.82, 2.24) is 4.90 Å². The van der Waals surface area contributed by atoms with Crippen LogP contribution in [0.1, 0.15) is 74.1 Å². The van der Waals surface area contributed by atoms with Gasteiger partial charge in [0.2, 0.25) is 0 Å². The van der Waals surface area contributed by atoms with Crippen molar-refractivity contribution in [3.8, 4) is 0 Å². The van der Waals surface area contributed by atoms with Crippen LogP contribution in [-0.2, 0) is 9.47 Å². The van der Waals surface area contributed by atoms with Gasteiger partial charge < -0.3 is 14.4 Å². The summed E-state index contributed by atoms with van der Waals surface area (Å²) in [5.74, 6) is 2.48. The van der Waals surface area contributed by atoms with Crippen LogP contribution in [0.5, 0.6) is 0 Å². The van der Waals surface area contributed by atoms with E-state index in [-0.39, 0.29) is 11.2 Å². The molecule has 24 heavy (non-hydrogen) atoms. The van der Waals surface area contributed by atoms with Gasteiger partial charge in [-0.15, -0.1) is 0 Å². The smallest absolute Gasteiger partial charge is 0.0602 e. The summed E-state index contributed by atoms with van der Waals surface area (Å²) in [7, 11) is 0. The molecular weight excluding hydrogens is 298 g/mol. The van der Waals surface area contributed by atoms with Crippen LogP contribution in [0, 0.1) is 17.8 Å². The predicted molar refractivity (Wildman–Crippen MR) is 101 cm³/mol. The van der Waals surface area contributed by atoms with Crippen LogP contribution in [-0.4, -0.2) is 48.4 Å². The van der Waals surface area contributed by atoms with E-state index in [4.69, 9.17) is 9.47 Å². The van der Waals surface area contributed by atoms with Gasteiger partial charge in [-0.05, 0) is 91.5 Å². The Morgan fingerprint density at radius 2 is 1.67 bits per heavy atom. The van der Waals surface area contributed by atoms with Crippen molar-refractivity contribution in [2.75, 3.05) is 26.2 Å². The van der Waals surface area contributed by atoms with E-state index in [1.807, 2.05) is 0 Å². The first kappa shape index (κ1) is 20.2. The van der Waals surface area contributed by atoms with Crippen LogP contribution in [0.4, 0.5) is 0 Å². The summed E-state index contributed by atoms with van der Waals surface area (Å²) in [6.45, 7) is 20.1. The molecule has 0 radical (unpaired) electrons. The lowest BCUT2D eigenvalue weighted by Crippen LogP contribution is -2.46. The molecule has 2 atom stereocenters. The molecule has 1 heterocycles. The Labute approximate surface area is 150 Å². The first-order valence-electron chi connectivity index (χ1n) is 10.1. The fourth-order valence-electron chi connectivity index (χ4n) is 4.18. The molecule has 0 aromatic heterocycles. The molecule has 1 saturated carbocycles. The minimum atomic E-state index is -0.000169. The predicted octanol–water partition coefficient (Wildman–Crippen LogP) is 4.74. The van der Waals surface area contributed by atoms with E-state index in [0.29, 0.717) is 6.10 Å². The molecule has 0 spiro atoms. The number of hydrogen-bond donors (Lipinski definition) is 0. The van der Waals surface area contributed by atoms with Crippen LogP contribution < -0.4 is 0 Å². The van der Waals surface area contributed by atoms with Gasteiger partial charge in [0.1, 0.15) is 0 Å². The van der Waals surface area contributed by atoms with E-state index in [0.717, 1.165) is 24.4 Å². The fourth-order valence-corrected chi connectivity index (χ4v) is 4.18. The second-order valence-electron chi connectivity index (χ2n) is 10.2. The Bertz CT molecular complexity index is 376. The van der Waals surface area contributed by atoms with Gasteiger partial charge in [-0.3, -0.25) is 0 Å². The topological polar surface area (TPSA) is 21.7 Å². The Balaban J connectivity index is 1.62. The monoisotopic (exact) mass is 339 g/mol. The van der Waals surface area contributed by atoms with Gasteiger partial charge in [0.25, 0.3) is 0 Å². The second-order valence-corrected chi connectivity index (χ2v) is 10.2. The highest BCUT2D eigenvalue weighted by Gasteiger charge is 2.35. The van der Waals surface area contributed by atoms with E-state index in [2.05, 4.69) is 53.4 Å². The Morgan fingerprint density at radius 3 is 2.21 bits per heavy atom. The van der Waals surface area contributed by atoms with E-state index < -0.39 is 0 Å². The van der Waals surface area contributed by atoms with Crippen LogP contribution in [0.3, 0.4) is 0 Å². The third-order valence-electron chi connectivity index (χ3n) is 5.42. The van der Waals surface area contributed by atoms with Crippen molar-refractivity contribution in [2.24, 2.45) is 17.8 Å². The van der Waals surface area contributed by atoms with Gasteiger partial charge in [0.05, 0.1) is 17.3 Å². The Hall–Kier alpha value is -0.120.